The summed E-state index contributed by atoms with van der Waals surface area (Å²) in [4.78, 5) is 33.3. The normalized spacial score (nSPS) is 13.5. The number of ether oxygens (including phenoxy) is 1. The van der Waals surface area contributed by atoms with Gasteiger partial charge in [0.1, 0.15) is 12.1 Å². The molecule has 0 spiro atoms. The van der Waals surface area contributed by atoms with Crippen molar-refractivity contribution < 1.29 is 24.2 Å². The van der Waals surface area contributed by atoms with Crippen LogP contribution in [0.3, 0.4) is 0 Å². The lowest BCUT2D eigenvalue weighted by Gasteiger charge is -2.18. The molecule has 2 amide bonds. The van der Waals surface area contributed by atoms with Gasteiger partial charge in [0.2, 0.25) is 11.8 Å². The van der Waals surface area contributed by atoms with Crippen LogP contribution in [0.1, 0.15) is 26.7 Å². The predicted octanol–water partition coefficient (Wildman–Crippen LogP) is -0.493. The van der Waals surface area contributed by atoms with Gasteiger partial charge in [-0.1, -0.05) is 0 Å². The van der Waals surface area contributed by atoms with Crippen LogP contribution in [0, 0.1) is 0 Å². The van der Waals surface area contributed by atoms with Gasteiger partial charge in [-0.2, -0.15) is 0 Å². The second kappa shape index (κ2) is 8.46. The number of hydrogen-bond donors (Lipinski definition) is 3. The molecule has 0 aliphatic rings. The maximum Gasteiger partial charge on any atom is 0.326 e. The average molecular weight is 260 g/mol. The van der Waals surface area contributed by atoms with Crippen LogP contribution >= 0.6 is 0 Å². The number of hydrogen-bond acceptors (Lipinski definition) is 4. The van der Waals surface area contributed by atoms with Crippen molar-refractivity contribution in [1.29, 1.82) is 0 Å². The lowest BCUT2D eigenvalue weighted by molar-refractivity contribution is -0.142. The number of amides is 2. The molecule has 0 saturated heterocycles. The van der Waals surface area contributed by atoms with E-state index in [-0.39, 0.29) is 12.3 Å². The van der Waals surface area contributed by atoms with Crippen molar-refractivity contribution in [2.45, 2.75) is 38.8 Å². The lowest BCUT2D eigenvalue weighted by Crippen LogP contribution is -2.50. The summed E-state index contributed by atoms with van der Waals surface area (Å²) in [5.41, 5.74) is 0. The Kier molecular flexibility index (Phi) is 7.69. The number of carbonyl (C=O) groups excluding carboxylic acids is 2. The van der Waals surface area contributed by atoms with Crippen LogP contribution in [0.4, 0.5) is 0 Å². The molecule has 0 saturated carbocycles. The Morgan fingerprint density at radius 1 is 1.28 bits per heavy atom. The van der Waals surface area contributed by atoms with E-state index in [4.69, 9.17) is 9.84 Å². The zero-order chi connectivity index (χ0) is 14.1. The molecular formula is C11H20N2O5. The van der Waals surface area contributed by atoms with Crippen LogP contribution in [-0.2, 0) is 19.1 Å². The molecule has 0 rings (SSSR count). The molecule has 104 valence electrons. The molecule has 7 nitrogen and oxygen atoms in total. The van der Waals surface area contributed by atoms with E-state index in [1.807, 2.05) is 0 Å². The fourth-order valence-electron chi connectivity index (χ4n) is 1.36. The van der Waals surface area contributed by atoms with Crippen molar-refractivity contribution in [2.75, 3.05) is 13.7 Å². The van der Waals surface area contributed by atoms with Crippen molar-refractivity contribution in [2.24, 2.45) is 0 Å². The Morgan fingerprint density at radius 3 is 2.33 bits per heavy atom. The van der Waals surface area contributed by atoms with Gasteiger partial charge in [-0.15, -0.1) is 0 Å². The summed E-state index contributed by atoms with van der Waals surface area (Å²) in [6.45, 7) is 3.21. The predicted molar refractivity (Wildman–Crippen MR) is 64.0 cm³/mol. The van der Waals surface area contributed by atoms with Crippen LogP contribution in [-0.4, -0.2) is 48.7 Å². The third-order valence-electron chi connectivity index (χ3n) is 2.27. The van der Waals surface area contributed by atoms with Gasteiger partial charge in [0, 0.05) is 20.6 Å². The quantitative estimate of drug-likeness (QED) is 0.511. The number of carboxylic acid groups (broad SMARTS) is 1. The van der Waals surface area contributed by atoms with Gasteiger partial charge in [-0.3, -0.25) is 9.59 Å². The molecule has 0 heterocycles. The highest BCUT2D eigenvalue weighted by molar-refractivity contribution is 5.89. The summed E-state index contributed by atoms with van der Waals surface area (Å²) < 4.78 is 4.81. The second-order valence-electron chi connectivity index (χ2n) is 3.96. The largest absolute Gasteiger partial charge is 0.480 e. The Morgan fingerprint density at radius 2 is 1.89 bits per heavy atom. The van der Waals surface area contributed by atoms with E-state index in [1.54, 1.807) is 0 Å². The number of methoxy groups -OCH3 is 1. The summed E-state index contributed by atoms with van der Waals surface area (Å²) in [7, 11) is 1.52. The molecule has 0 radical (unpaired) electrons. The first-order valence-corrected chi connectivity index (χ1v) is 5.67. The number of nitrogens with one attached hydrogen (secondary N) is 2. The maximum absolute atomic E-state index is 11.6. The van der Waals surface area contributed by atoms with Crippen LogP contribution in [0.5, 0.6) is 0 Å². The molecule has 2 unspecified atom stereocenters. The van der Waals surface area contributed by atoms with Crippen molar-refractivity contribution in [3.05, 3.63) is 0 Å². The van der Waals surface area contributed by atoms with E-state index in [1.165, 1.54) is 21.0 Å². The second-order valence-corrected chi connectivity index (χ2v) is 3.96. The first kappa shape index (κ1) is 16.4. The number of rotatable bonds is 8. The zero-order valence-electron chi connectivity index (χ0n) is 10.9. The van der Waals surface area contributed by atoms with Crippen LogP contribution in [0.25, 0.3) is 0 Å². The Hall–Kier alpha value is -1.63. The van der Waals surface area contributed by atoms with Gasteiger partial charge in [-0.05, 0) is 19.8 Å². The number of carboxylic acids is 1. The molecule has 0 aromatic carbocycles. The Labute approximate surface area is 106 Å². The lowest BCUT2D eigenvalue weighted by atomic mass is 10.1. The summed E-state index contributed by atoms with van der Waals surface area (Å²) >= 11 is 0. The molecule has 0 bridgehead atoms. The number of carbonyl (C=O) groups is 3. The molecule has 7 heteroatoms. The fraction of sp³-hybridized carbons (Fsp3) is 0.727. The third kappa shape index (κ3) is 6.85. The molecule has 0 aromatic rings. The first-order chi connectivity index (χ1) is 8.38. The van der Waals surface area contributed by atoms with E-state index in [9.17, 15) is 14.4 Å². The molecular weight excluding hydrogens is 240 g/mol. The third-order valence-corrected chi connectivity index (χ3v) is 2.27. The number of aliphatic carboxylic acids is 1. The molecule has 3 N–H and O–H groups in total. The van der Waals surface area contributed by atoms with E-state index in [2.05, 4.69) is 10.6 Å². The van der Waals surface area contributed by atoms with Crippen molar-refractivity contribution in [1.82, 2.24) is 10.6 Å². The molecule has 0 fully saturated rings. The minimum Gasteiger partial charge on any atom is -0.480 e. The Bertz CT molecular complexity index is 306. The van der Waals surface area contributed by atoms with E-state index >= 15 is 0 Å². The highest BCUT2D eigenvalue weighted by Crippen LogP contribution is 1.99. The molecule has 0 aliphatic carbocycles. The SMILES string of the molecule is COCCCC(NC(=O)C(C)NC(C)=O)C(=O)O. The zero-order valence-corrected chi connectivity index (χ0v) is 10.9. The minimum atomic E-state index is -1.10. The van der Waals surface area contributed by atoms with E-state index in [0.717, 1.165) is 0 Å². The van der Waals surface area contributed by atoms with Gasteiger partial charge in [0.25, 0.3) is 0 Å². The Balaban J connectivity index is 4.26. The van der Waals surface area contributed by atoms with E-state index in [0.29, 0.717) is 13.0 Å². The van der Waals surface area contributed by atoms with Crippen LogP contribution in [0.2, 0.25) is 0 Å². The standard InChI is InChI=1S/C11H20N2O5/c1-7(12-8(2)14)10(15)13-9(11(16)17)5-4-6-18-3/h7,9H,4-6H2,1-3H3,(H,12,14)(H,13,15)(H,16,17). The van der Waals surface area contributed by atoms with Gasteiger partial charge in [-0.25, -0.2) is 4.79 Å². The van der Waals surface area contributed by atoms with Crippen molar-refractivity contribution in [3.63, 3.8) is 0 Å². The highest BCUT2D eigenvalue weighted by Gasteiger charge is 2.22. The highest BCUT2D eigenvalue weighted by atomic mass is 16.5. The first-order valence-electron chi connectivity index (χ1n) is 5.67. The molecule has 0 aromatic heterocycles. The van der Waals surface area contributed by atoms with Crippen LogP contribution < -0.4 is 10.6 Å². The molecule has 18 heavy (non-hydrogen) atoms. The fourth-order valence-corrected chi connectivity index (χ4v) is 1.36. The van der Waals surface area contributed by atoms with Gasteiger partial charge in [0.05, 0.1) is 0 Å². The summed E-state index contributed by atoms with van der Waals surface area (Å²) in [5, 5.41) is 13.7. The minimum absolute atomic E-state index is 0.279. The van der Waals surface area contributed by atoms with Gasteiger partial charge < -0.3 is 20.5 Å². The monoisotopic (exact) mass is 260 g/mol. The van der Waals surface area contributed by atoms with Crippen molar-refractivity contribution in [3.8, 4) is 0 Å². The van der Waals surface area contributed by atoms with Crippen molar-refractivity contribution >= 4 is 17.8 Å². The summed E-state index contributed by atoms with van der Waals surface area (Å²) in [6.07, 6.45) is 0.809. The summed E-state index contributed by atoms with van der Waals surface area (Å²) in [5.74, 6) is -1.96. The maximum atomic E-state index is 11.6. The van der Waals surface area contributed by atoms with Crippen LogP contribution in [0.15, 0.2) is 0 Å². The molecule has 2 atom stereocenters. The van der Waals surface area contributed by atoms with Gasteiger partial charge in [0.15, 0.2) is 0 Å². The van der Waals surface area contributed by atoms with E-state index < -0.39 is 24.0 Å². The van der Waals surface area contributed by atoms with Gasteiger partial charge >= 0.3 is 5.97 Å². The average Bonchev–Trinajstić information content (AvgIpc) is 2.26. The summed E-state index contributed by atoms with van der Waals surface area (Å²) in [6, 6.07) is -1.73. The smallest absolute Gasteiger partial charge is 0.326 e. The molecule has 0 aliphatic heterocycles. The topological polar surface area (TPSA) is 105 Å².